The van der Waals surface area contributed by atoms with Crippen LogP contribution in [0.1, 0.15) is 25.7 Å². The van der Waals surface area contributed by atoms with Crippen LogP contribution < -0.4 is 5.73 Å². The molecule has 1 rings (SSSR count). The Labute approximate surface area is 99.3 Å². The topological polar surface area (TPSA) is 76.2 Å². The lowest BCUT2D eigenvalue weighted by molar-refractivity contribution is -0.137. The van der Waals surface area contributed by atoms with E-state index in [4.69, 9.17) is 10.8 Å². The Balaban J connectivity index is 2.07. The van der Waals surface area contributed by atoms with Crippen molar-refractivity contribution in [1.29, 1.82) is 0 Å². The molecule has 0 aliphatic carbocycles. The molecule has 1 heterocycles. The summed E-state index contributed by atoms with van der Waals surface area (Å²) in [6.45, 7) is 0. The van der Waals surface area contributed by atoms with E-state index >= 15 is 0 Å². The van der Waals surface area contributed by atoms with E-state index in [2.05, 4.69) is 4.98 Å². The van der Waals surface area contributed by atoms with Gasteiger partial charge in [-0.2, -0.15) is 0 Å². The molecule has 5 heteroatoms. The van der Waals surface area contributed by atoms with E-state index in [1.54, 1.807) is 18.0 Å². The molecule has 16 heavy (non-hydrogen) atoms. The number of unbranched alkanes of at least 4 members (excludes halogenated alkanes) is 2. The predicted molar refractivity (Wildman–Crippen MR) is 65.5 cm³/mol. The Morgan fingerprint density at radius 2 is 2.19 bits per heavy atom. The Bertz CT molecular complexity index is 327. The minimum Gasteiger partial charge on any atom is -0.481 e. The SMILES string of the molecule is Nc1ccc(SCCCCCC(=O)O)nc1. The third-order valence-corrected chi connectivity index (χ3v) is 3.07. The molecule has 88 valence electrons. The Kier molecular flexibility index (Phi) is 5.71. The van der Waals surface area contributed by atoms with E-state index in [1.807, 2.05) is 12.1 Å². The number of carboxylic acids is 1. The zero-order chi connectivity index (χ0) is 11.8. The first kappa shape index (κ1) is 12.8. The quantitative estimate of drug-likeness (QED) is 0.565. The minimum absolute atomic E-state index is 0.269. The fourth-order valence-corrected chi connectivity index (χ4v) is 2.06. The van der Waals surface area contributed by atoms with Gasteiger partial charge in [0.2, 0.25) is 0 Å². The third kappa shape index (κ3) is 5.60. The molecule has 0 aliphatic rings. The molecule has 1 aromatic rings. The second kappa shape index (κ2) is 7.11. The van der Waals surface area contributed by atoms with Crippen molar-refractivity contribution in [2.75, 3.05) is 11.5 Å². The summed E-state index contributed by atoms with van der Waals surface area (Å²) >= 11 is 1.67. The number of anilines is 1. The number of carboxylic acid groups (broad SMARTS) is 1. The standard InChI is InChI=1S/C11H16N2O2S/c12-9-5-6-10(13-8-9)16-7-3-1-2-4-11(14)15/h5-6,8H,1-4,7,12H2,(H,14,15). The number of nitrogens with two attached hydrogens (primary N) is 1. The molecule has 0 amide bonds. The van der Waals surface area contributed by atoms with E-state index in [1.165, 1.54) is 0 Å². The maximum Gasteiger partial charge on any atom is 0.303 e. The lowest BCUT2D eigenvalue weighted by Gasteiger charge is -2.00. The fourth-order valence-electron chi connectivity index (χ4n) is 1.21. The number of rotatable bonds is 7. The summed E-state index contributed by atoms with van der Waals surface area (Å²) in [5, 5.41) is 9.41. The molecule has 0 fully saturated rings. The van der Waals surface area contributed by atoms with Gasteiger partial charge in [0.15, 0.2) is 0 Å². The van der Waals surface area contributed by atoms with Gasteiger partial charge in [-0.1, -0.05) is 6.42 Å². The van der Waals surface area contributed by atoms with Crippen LogP contribution in [-0.2, 0) is 4.79 Å². The molecule has 0 atom stereocenters. The number of aromatic nitrogens is 1. The number of nitrogen functional groups attached to an aromatic ring is 1. The summed E-state index contributed by atoms with van der Waals surface area (Å²) in [5.41, 5.74) is 6.19. The van der Waals surface area contributed by atoms with Gasteiger partial charge in [0.1, 0.15) is 0 Å². The minimum atomic E-state index is -0.715. The van der Waals surface area contributed by atoms with Crippen LogP contribution in [0.2, 0.25) is 0 Å². The highest BCUT2D eigenvalue weighted by molar-refractivity contribution is 7.99. The molecule has 0 radical (unpaired) electrons. The summed E-state index contributed by atoms with van der Waals surface area (Å²) in [6.07, 6.45) is 4.64. The van der Waals surface area contributed by atoms with E-state index in [0.717, 1.165) is 30.0 Å². The van der Waals surface area contributed by atoms with Crippen LogP contribution in [0, 0.1) is 0 Å². The molecule has 3 N–H and O–H groups in total. The number of nitrogens with zero attached hydrogens (tertiary/aromatic N) is 1. The molecular formula is C11H16N2O2S. The smallest absolute Gasteiger partial charge is 0.303 e. The highest BCUT2D eigenvalue weighted by Crippen LogP contribution is 2.17. The zero-order valence-corrected chi connectivity index (χ0v) is 9.87. The molecule has 4 nitrogen and oxygen atoms in total. The average Bonchev–Trinajstić information content (AvgIpc) is 2.25. The van der Waals surface area contributed by atoms with E-state index < -0.39 is 5.97 Å². The zero-order valence-electron chi connectivity index (χ0n) is 9.06. The number of hydrogen-bond donors (Lipinski definition) is 2. The van der Waals surface area contributed by atoms with Crippen LogP contribution in [0.4, 0.5) is 5.69 Å². The highest BCUT2D eigenvalue weighted by atomic mass is 32.2. The lowest BCUT2D eigenvalue weighted by atomic mass is 10.2. The number of hydrogen-bond acceptors (Lipinski definition) is 4. The average molecular weight is 240 g/mol. The van der Waals surface area contributed by atoms with Crippen LogP contribution in [-0.4, -0.2) is 21.8 Å². The van der Waals surface area contributed by atoms with E-state index in [-0.39, 0.29) is 6.42 Å². The largest absolute Gasteiger partial charge is 0.481 e. The monoisotopic (exact) mass is 240 g/mol. The molecule has 0 aromatic carbocycles. The van der Waals surface area contributed by atoms with E-state index in [0.29, 0.717) is 5.69 Å². The normalized spacial score (nSPS) is 10.2. The van der Waals surface area contributed by atoms with Crippen LogP contribution in [0.5, 0.6) is 0 Å². The van der Waals surface area contributed by atoms with Gasteiger partial charge in [0.05, 0.1) is 16.9 Å². The van der Waals surface area contributed by atoms with Gasteiger partial charge in [-0.15, -0.1) is 11.8 Å². The Morgan fingerprint density at radius 3 is 2.81 bits per heavy atom. The van der Waals surface area contributed by atoms with Gasteiger partial charge in [0.25, 0.3) is 0 Å². The van der Waals surface area contributed by atoms with Crippen LogP contribution in [0.3, 0.4) is 0 Å². The van der Waals surface area contributed by atoms with Crippen molar-refractivity contribution in [3.05, 3.63) is 18.3 Å². The van der Waals surface area contributed by atoms with Crippen LogP contribution >= 0.6 is 11.8 Å². The molecule has 0 saturated carbocycles. The van der Waals surface area contributed by atoms with Crippen molar-refractivity contribution in [2.45, 2.75) is 30.7 Å². The maximum atomic E-state index is 10.3. The number of pyridine rings is 1. The Hall–Kier alpha value is -1.23. The van der Waals surface area contributed by atoms with E-state index in [9.17, 15) is 4.79 Å². The van der Waals surface area contributed by atoms with Gasteiger partial charge in [-0.3, -0.25) is 4.79 Å². The summed E-state index contributed by atoms with van der Waals surface area (Å²) in [4.78, 5) is 14.4. The number of aliphatic carboxylic acids is 1. The number of carbonyl (C=O) groups is 1. The van der Waals surface area contributed by atoms with Gasteiger partial charge < -0.3 is 10.8 Å². The fraction of sp³-hybridized carbons (Fsp3) is 0.455. The van der Waals surface area contributed by atoms with Gasteiger partial charge in [-0.25, -0.2) is 4.98 Å². The predicted octanol–water partition coefficient (Wildman–Crippen LogP) is 2.40. The summed E-state index contributed by atoms with van der Waals surface area (Å²) < 4.78 is 0. The molecule has 0 bridgehead atoms. The van der Waals surface area contributed by atoms with Crippen molar-refractivity contribution in [1.82, 2.24) is 4.98 Å². The Morgan fingerprint density at radius 1 is 1.38 bits per heavy atom. The van der Waals surface area contributed by atoms with Crippen molar-refractivity contribution < 1.29 is 9.90 Å². The summed E-state index contributed by atoms with van der Waals surface area (Å²) in [5.74, 6) is 0.254. The van der Waals surface area contributed by atoms with Crippen LogP contribution in [0.25, 0.3) is 0 Å². The van der Waals surface area contributed by atoms with Gasteiger partial charge >= 0.3 is 5.97 Å². The van der Waals surface area contributed by atoms with Crippen LogP contribution in [0.15, 0.2) is 23.4 Å². The molecule has 0 aliphatic heterocycles. The molecular weight excluding hydrogens is 224 g/mol. The third-order valence-electron chi connectivity index (χ3n) is 2.04. The highest BCUT2D eigenvalue weighted by Gasteiger charge is 1.98. The van der Waals surface area contributed by atoms with Crippen molar-refractivity contribution in [3.63, 3.8) is 0 Å². The van der Waals surface area contributed by atoms with Crippen molar-refractivity contribution in [2.24, 2.45) is 0 Å². The molecule has 0 spiro atoms. The van der Waals surface area contributed by atoms with Gasteiger partial charge in [-0.05, 0) is 30.7 Å². The molecule has 0 saturated heterocycles. The first-order valence-electron chi connectivity index (χ1n) is 5.24. The maximum absolute atomic E-state index is 10.3. The van der Waals surface area contributed by atoms with Crippen molar-refractivity contribution in [3.8, 4) is 0 Å². The number of thioether (sulfide) groups is 1. The summed E-state index contributed by atoms with van der Waals surface area (Å²) in [7, 11) is 0. The lowest BCUT2D eigenvalue weighted by Crippen LogP contribution is -1.94. The molecule has 1 aromatic heterocycles. The van der Waals surface area contributed by atoms with Gasteiger partial charge in [0, 0.05) is 6.42 Å². The second-order valence-corrected chi connectivity index (χ2v) is 4.60. The summed E-state index contributed by atoms with van der Waals surface area (Å²) in [6, 6.07) is 3.73. The first-order chi connectivity index (χ1) is 7.68. The molecule has 0 unspecified atom stereocenters. The van der Waals surface area contributed by atoms with Crippen molar-refractivity contribution >= 4 is 23.4 Å². The second-order valence-electron chi connectivity index (χ2n) is 3.48. The first-order valence-corrected chi connectivity index (χ1v) is 6.23.